The molecular weight excluding hydrogens is 196 g/mol. The van der Waals surface area contributed by atoms with E-state index in [4.69, 9.17) is 0 Å². The molecule has 0 unspecified atom stereocenters. The summed E-state index contributed by atoms with van der Waals surface area (Å²) in [6, 6.07) is 0. The molecule has 90 valence electrons. The van der Waals surface area contributed by atoms with Gasteiger partial charge in [0.1, 0.15) is 5.78 Å². The van der Waals surface area contributed by atoms with Gasteiger partial charge in [-0.05, 0) is 48.9 Å². The Bertz CT molecular complexity index is 325. The van der Waals surface area contributed by atoms with Crippen molar-refractivity contribution in [3.63, 3.8) is 0 Å². The molecule has 3 fully saturated rings. The van der Waals surface area contributed by atoms with Crippen molar-refractivity contribution in [2.24, 2.45) is 28.6 Å². The Labute approximate surface area is 99.0 Å². The zero-order valence-electron chi connectivity index (χ0n) is 10.9. The van der Waals surface area contributed by atoms with Crippen molar-refractivity contribution in [1.82, 2.24) is 0 Å². The van der Waals surface area contributed by atoms with Crippen LogP contribution in [0.4, 0.5) is 0 Å². The van der Waals surface area contributed by atoms with E-state index >= 15 is 0 Å². The normalized spacial score (nSPS) is 47.2. The number of Topliss-reactive ketones (excluding diaryl/α,β-unsaturated/α-hetero) is 1. The maximum atomic E-state index is 12.3. The third-order valence-electron chi connectivity index (χ3n) is 5.73. The van der Waals surface area contributed by atoms with Crippen LogP contribution in [0.25, 0.3) is 0 Å². The van der Waals surface area contributed by atoms with Crippen molar-refractivity contribution >= 4 is 5.78 Å². The smallest absolute Gasteiger partial charge is 0.139 e. The molecule has 0 N–H and O–H groups in total. The van der Waals surface area contributed by atoms with Crippen LogP contribution in [0.15, 0.2) is 0 Å². The van der Waals surface area contributed by atoms with E-state index in [0.717, 1.165) is 30.6 Å². The molecule has 4 atom stereocenters. The average Bonchev–Trinajstić information content (AvgIpc) is 2.46. The monoisotopic (exact) mass is 220 g/mol. The fourth-order valence-corrected chi connectivity index (χ4v) is 5.41. The molecule has 3 saturated carbocycles. The lowest BCUT2D eigenvalue weighted by Gasteiger charge is -2.64. The van der Waals surface area contributed by atoms with Crippen LogP contribution in [-0.4, -0.2) is 5.78 Å². The van der Waals surface area contributed by atoms with Gasteiger partial charge in [0.05, 0.1) is 0 Å². The van der Waals surface area contributed by atoms with Crippen molar-refractivity contribution in [1.29, 1.82) is 0 Å². The first-order valence-electron chi connectivity index (χ1n) is 7.01. The van der Waals surface area contributed by atoms with Crippen molar-refractivity contribution in [3.8, 4) is 0 Å². The molecule has 0 radical (unpaired) electrons. The SMILES string of the molecule is CC(C)(C)[C@H]1[C@H]2CCCC(=O)[C@]23CCC[C@H]13. The zero-order chi connectivity index (χ0) is 11.6. The number of carbonyl (C=O) groups is 1. The highest BCUT2D eigenvalue weighted by Crippen LogP contribution is 2.71. The summed E-state index contributed by atoms with van der Waals surface area (Å²) in [4.78, 5) is 12.3. The average molecular weight is 220 g/mol. The second kappa shape index (κ2) is 3.11. The molecule has 3 aliphatic rings. The zero-order valence-corrected chi connectivity index (χ0v) is 10.9. The molecule has 16 heavy (non-hydrogen) atoms. The highest BCUT2D eigenvalue weighted by Gasteiger charge is 2.69. The van der Waals surface area contributed by atoms with Gasteiger partial charge in [-0.3, -0.25) is 4.79 Å². The van der Waals surface area contributed by atoms with Gasteiger partial charge in [-0.2, -0.15) is 0 Å². The Kier molecular flexibility index (Phi) is 2.10. The van der Waals surface area contributed by atoms with Crippen molar-refractivity contribution in [2.75, 3.05) is 0 Å². The van der Waals surface area contributed by atoms with Gasteiger partial charge in [0, 0.05) is 11.8 Å². The lowest BCUT2D eigenvalue weighted by molar-refractivity contribution is -0.183. The second-order valence-electron chi connectivity index (χ2n) is 7.35. The van der Waals surface area contributed by atoms with E-state index in [1.54, 1.807) is 0 Å². The Hall–Kier alpha value is -0.330. The lowest BCUT2D eigenvalue weighted by Crippen LogP contribution is -2.63. The number of hydrogen-bond donors (Lipinski definition) is 0. The molecule has 0 bridgehead atoms. The van der Waals surface area contributed by atoms with Crippen LogP contribution in [0.5, 0.6) is 0 Å². The van der Waals surface area contributed by atoms with Crippen LogP contribution in [-0.2, 0) is 4.79 Å². The van der Waals surface area contributed by atoms with E-state index in [1.807, 2.05) is 0 Å². The minimum Gasteiger partial charge on any atom is -0.299 e. The third-order valence-corrected chi connectivity index (χ3v) is 5.73. The van der Waals surface area contributed by atoms with E-state index in [-0.39, 0.29) is 5.41 Å². The minimum atomic E-state index is 0.177. The Balaban J connectivity index is 1.96. The standard InChI is InChI=1S/C15H24O/c1-14(2,3)13-10-6-4-8-12(16)15(10)9-5-7-11(13)15/h10-11,13H,4-9H2,1-3H3/t10-,11-,13+,15-/m1/s1. The maximum Gasteiger partial charge on any atom is 0.139 e. The van der Waals surface area contributed by atoms with Gasteiger partial charge < -0.3 is 0 Å². The summed E-state index contributed by atoms with van der Waals surface area (Å²) in [5.41, 5.74) is 0.580. The first-order chi connectivity index (χ1) is 7.48. The quantitative estimate of drug-likeness (QED) is 0.606. The molecule has 0 aromatic rings. The topological polar surface area (TPSA) is 17.1 Å². The van der Waals surface area contributed by atoms with E-state index in [9.17, 15) is 4.79 Å². The predicted octanol–water partition coefficient (Wildman–Crippen LogP) is 3.82. The Morgan fingerprint density at radius 3 is 2.38 bits per heavy atom. The van der Waals surface area contributed by atoms with Crippen LogP contribution in [0, 0.1) is 28.6 Å². The molecule has 0 saturated heterocycles. The van der Waals surface area contributed by atoms with Crippen molar-refractivity contribution in [3.05, 3.63) is 0 Å². The maximum absolute atomic E-state index is 12.3. The minimum absolute atomic E-state index is 0.177. The van der Waals surface area contributed by atoms with Crippen LogP contribution >= 0.6 is 0 Å². The molecule has 1 nitrogen and oxygen atoms in total. The van der Waals surface area contributed by atoms with Crippen molar-refractivity contribution < 1.29 is 4.79 Å². The van der Waals surface area contributed by atoms with E-state index in [1.165, 1.54) is 25.7 Å². The summed E-state index contributed by atoms with van der Waals surface area (Å²) in [6.45, 7) is 7.12. The number of rotatable bonds is 0. The second-order valence-corrected chi connectivity index (χ2v) is 7.35. The molecule has 1 spiro atoms. The molecule has 0 aromatic carbocycles. The number of hydrogen-bond acceptors (Lipinski definition) is 1. The summed E-state index contributed by atoms with van der Waals surface area (Å²) >= 11 is 0. The van der Waals surface area contributed by atoms with Crippen LogP contribution in [0.1, 0.15) is 59.3 Å². The molecule has 3 rings (SSSR count). The number of carbonyl (C=O) groups excluding carboxylic acids is 1. The van der Waals surface area contributed by atoms with Crippen LogP contribution in [0.2, 0.25) is 0 Å². The highest BCUT2D eigenvalue weighted by molar-refractivity contribution is 5.88. The third kappa shape index (κ3) is 1.10. The molecule has 1 heteroatoms. The highest BCUT2D eigenvalue weighted by atomic mass is 16.1. The Morgan fingerprint density at radius 2 is 1.75 bits per heavy atom. The summed E-state index contributed by atoms with van der Waals surface area (Å²) in [5, 5.41) is 0. The van der Waals surface area contributed by atoms with Gasteiger partial charge in [0.25, 0.3) is 0 Å². The van der Waals surface area contributed by atoms with Gasteiger partial charge >= 0.3 is 0 Å². The van der Waals surface area contributed by atoms with E-state index < -0.39 is 0 Å². The fraction of sp³-hybridized carbons (Fsp3) is 0.933. The first kappa shape index (κ1) is 10.8. The molecule has 0 aliphatic heterocycles. The van der Waals surface area contributed by atoms with Crippen LogP contribution < -0.4 is 0 Å². The summed E-state index contributed by atoms with van der Waals surface area (Å²) in [7, 11) is 0. The molecule has 0 aromatic heterocycles. The summed E-state index contributed by atoms with van der Waals surface area (Å²) < 4.78 is 0. The van der Waals surface area contributed by atoms with E-state index in [0.29, 0.717) is 11.2 Å². The predicted molar refractivity (Wildman–Crippen MR) is 65.1 cm³/mol. The first-order valence-corrected chi connectivity index (χ1v) is 7.01. The lowest BCUT2D eigenvalue weighted by atomic mass is 9.39. The summed E-state index contributed by atoms with van der Waals surface area (Å²) in [6.07, 6.45) is 7.20. The van der Waals surface area contributed by atoms with Crippen LogP contribution in [0.3, 0.4) is 0 Å². The number of ketones is 1. The molecule has 0 amide bonds. The summed E-state index contributed by atoms with van der Waals surface area (Å²) in [5.74, 6) is 2.93. The molecule has 0 heterocycles. The fourth-order valence-electron chi connectivity index (χ4n) is 5.41. The molecular formula is C15H24O. The van der Waals surface area contributed by atoms with Gasteiger partial charge in [-0.1, -0.05) is 27.2 Å². The largest absolute Gasteiger partial charge is 0.299 e. The van der Waals surface area contributed by atoms with Gasteiger partial charge in [-0.15, -0.1) is 0 Å². The van der Waals surface area contributed by atoms with Gasteiger partial charge in [0.2, 0.25) is 0 Å². The van der Waals surface area contributed by atoms with Crippen molar-refractivity contribution in [2.45, 2.75) is 59.3 Å². The van der Waals surface area contributed by atoms with Gasteiger partial charge in [0.15, 0.2) is 0 Å². The molecule has 3 aliphatic carbocycles. The van der Waals surface area contributed by atoms with E-state index in [2.05, 4.69) is 20.8 Å². The van der Waals surface area contributed by atoms with Gasteiger partial charge in [-0.25, -0.2) is 0 Å². The Morgan fingerprint density at radius 1 is 1.12 bits per heavy atom.